The van der Waals surface area contributed by atoms with Crippen LogP contribution in [0.15, 0.2) is 48.5 Å². The highest BCUT2D eigenvalue weighted by Crippen LogP contribution is 2.32. The number of aromatic hydroxyl groups is 1. The molecule has 0 atom stereocenters. The normalized spacial score (nSPS) is 10.8. The van der Waals surface area contributed by atoms with Crippen molar-refractivity contribution >= 4 is 39.9 Å². The topological polar surface area (TPSA) is 66.8 Å². The molecule has 6 heteroatoms. The second kappa shape index (κ2) is 7.85. The van der Waals surface area contributed by atoms with E-state index in [-0.39, 0.29) is 11.3 Å². The van der Waals surface area contributed by atoms with Gasteiger partial charge in [-0.3, -0.25) is 0 Å². The quantitative estimate of drug-likeness (QED) is 0.540. The Morgan fingerprint density at radius 2 is 1.85 bits per heavy atom. The Balaban J connectivity index is 1.69. The van der Waals surface area contributed by atoms with Crippen LogP contribution in [0.25, 0.3) is 10.8 Å². The van der Waals surface area contributed by atoms with Crippen LogP contribution in [-0.2, 0) is 6.42 Å². The smallest absolute Gasteiger partial charge is 0.339 e. The molecule has 0 radical (unpaired) electrons. The molecule has 0 unspecified atom stereocenters. The third-order valence-electron chi connectivity index (χ3n) is 4.04. The number of carbonyl (C=O) groups is 1. The summed E-state index contributed by atoms with van der Waals surface area (Å²) in [4.78, 5) is 11.1. The van der Waals surface area contributed by atoms with E-state index in [9.17, 15) is 9.90 Å². The number of hydrogen-bond acceptors (Lipinski definition) is 3. The minimum atomic E-state index is -1.17. The van der Waals surface area contributed by atoms with Gasteiger partial charge in [0.2, 0.25) is 0 Å². The van der Waals surface area contributed by atoms with Gasteiger partial charge < -0.3 is 14.9 Å². The molecule has 26 heavy (non-hydrogen) atoms. The minimum absolute atomic E-state index is 0.130. The molecule has 0 amide bonds. The van der Waals surface area contributed by atoms with E-state index < -0.39 is 5.97 Å². The number of carboxylic acid groups (broad SMARTS) is 1. The van der Waals surface area contributed by atoms with Crippen LogP contribution in [0.5, 0.6) is 11.5 Å². The highest BCUT2D eigenvalue weighted by atomic mass is 35.5. The molecule has 0 heterocycles. The van der Waals surface area contributed by atoms with Gasteiger partial charge in [0, 0.05) is 5.39 Å². The van der Waals surface area contributed by atoms with Crippen LogP contribution < -0.4 is 4.74 Å². The number of ether oxygens (including phenoxy) is 1. The van der Waals surface area contributed by atoms with Crippen molar-refractivity contribution in [2.24, 2.45) is 0 Å². The average Bonchev–Trinajstić information content (AvgIpc) is 2.61. The second-order valence-electron chi connectivity index (χ2n) is 5.85. The third-order valence-corrected chi connectivity index (χ3v) is 4.78. The zero-order valence-electron chi connectivity index (χ0n) is 13.7. The molecule has 3 aromatic carbocycles. The van der Waals surface area contributed by atoms with Gasteiger partial charge in [0.05, 0.1) is 16.7 Å². The van der Waals surface area contributed by atoms with Crippen LogP contribution in [0.4, 0.5) is 0 Å². The lowest BCUT2D eigenvalue weighted by Crippen LogP contribution is -2.01. The summed E-state index contributed by atoms with van der Waals surface area (Å²) in [7, 11) is 0. The van der Waals surface area contributed by atoms with Crippen LogP contribution in [0.3, 0.4) is 0 Å². The first kappa shape index (κ1) is 18.4. The first-order valence-electron chi connectivity index (χ1n) is 8.01. The van der Waals surface area contributed by atoms with Gasteiger partial charge in [0.25, 0.3) is 0 Å². The molecule has 3 rings (SSSR count). The van der Waals surface area contributed by atoms with Crippen LogP contribution in [0, 0.1) is 0 Å². The third kappa shape index (κ3) is 4.03. The molecule has 0 aliphatic carbocycles. The summed E-state index contributed by atoms with van der Waals surface area (Å²) < 4.78 is 5.83. The van der Waals surface area contributed by atoms with E-state index in [1.54, 1.807) is 24.3 Å². The maximum atomic E-state index is 11.1. The summed E-state index contributed by atoms with van der Waals surface area (Å²) in [5.74, 6) is -0.849. The van der Waals surface area contributed by atoms with Crippen molar-refractivity contribution < 1.29 is 19.7 Å². The summed E-state index contributed by atoms with van der Waals surface area (Å²) in [6, 6.07) is 13.8. The van der Waals surface area contributed by atoms with Gasteiger partial charge in [-0.1, -0.05) is 41.4 Å². The Bertz CT molecular complexity index is 969. The maximum Gasteiger partial charge on any atom is 0.339 e. The molecule has 134 valence electrons. The van der Waals surface area contributed by atoms with Crippen molar-refractivity contribution in [1.29, 1.82) is 0 Å². The van der Waals surface area contributed by atoms with Crippen molar-refractivity contribution in [3.8, 4) is 11.5 Å². The molecule has 0 spiro atoms. The predicted molar refractivity (Wildman–Crippen MR) is 103 cm³/mol. The van der Waals surface area contributed by atoms with Crippen LogP contribution >= 0.6 is 23.2 Å². The van der Waals surface area contributed by atoms with Crippen molar-refractivity contribution in [2.75, 3.05) is 6.61 Å². The van der Waals surface area contributed by atoms with Gasteiger partial charge in [-0.25, -0.2) is 4.79 Å². The molecule has 0 saturated carbocycles. The number of hydrogen-bond donors (Lipinski definition) is 2. The summed E-state index contributed by atoms with van der Waals surface area (Å²) in [5, 5.41) is 21.4. The second-order valence-corrected chi connectivity index (χ2v) is 6.67. The number of rotatable bonds is 6. The molecule has 0 fully saturated rings. The summed E-state index contributed by atoms with van der Waals surface area (Å²) in [5.41, 5.74) is 0.943. The van der Waals surface area contributed by atoms with Gasteiger partial charge in [-0.05, 0) is 54.1 Å². The molecular formula is C20H16Cl2O4. The predicted octanol–water partition coefficient (Wildman–Crippen LogP) is 5.56. The summed E-state index contributed by atoms with van der Waals surface area (Å²) >= 11 is 11.9. The molecule has 3 aromatic rings. The average molecular weight is 391 g/mol. The number of fused-ring (bicyclic) bond motifs is 1. The highest BCUT2D eigenvalue weighted by Gasteiger charge is 2.13. The number of phenols is 1. The van der Waals surface area contributed by atoms with Gasteiger partial charge in [0.1, 0.15) is 17.1 Å². The molecule has 0 aliphatic heterocycles. The fourth-order valence-electron chi connectivity index (χ4n) is 2.74. The Hall–Kier alpha value is -2.43. The van der Waals surface area contributed by atoms with E-state index in [1.165, 1.54) is 12.1 Å². The lowest BCUT2D eigenvalue weighted by Gasteiger charge is -2.11. The van der Waals surface area contributed by atoms with Crippen molar-refractivity contribution in [3.63, 3.8) is 0 Å². The Morgan fingerprint density at radius 1 is 1.04 bits per heavy atom. The van der Waals surface area contributed by atoms with Crippen LogP contribution in [-0.4, -0.2) is 22.8 Å². The Morgan fingerprint density at radius 3 is 2.58 bits per heavy atom. The van der Waals surface area contributed by atoms with Gasteiger partial charge in [-0.2, -0.15) is 0 Å². The van der Waals surface area contributed by atoms with Crippen molar-refractivity contribution in [3.05, 3.63) is 69.7 Å². The van der Waals surface area contributed by atoms with Crippen molar-refractivity contribution in [2.45, 2.75) is 12.8 Å². The minimum Gasteiger partial charge on any atom is -0.507 e. The molecule has 0 aromatic heterocycles. The zero-order valence-corrected chi connectivity index (χ0v) is 15.2. The largest absolute Gasteiger partial charge is 0.507 e. The highest BCUT2D eigenvalue weighted by molar-refractivity contribution is 6.42. The number of carboxylic acids is 1. The molecule has 0 aliphatic rings. The monoisotopic (exact) mass is 390 g/mol. The zero-order chi connectivity index (χ0) is 18.7. The standard InChI is InChI=1S/C20H16Cl2O4/c21-16-7-6-12(9-17(16)22)3-2-8-26-19-5-1-4-13-10-15(20(24)25)18(23)11-14(13)19/h1,4-7,9-11,23H,2-3,8H2,(H,24,25). The van der Waals surface area contributed by atoms with Gasteiger partial charge in [-0.15, -0.1) is 0 Å². The molecular weight excluding hydrogens is 375 g/mol. The summed E-state index contributed by atoms with van der Waals surface area (Å²) in [6.07, 6.45) is 1.56. The lowest BCUT2D eigenvalue weighted by molar-refractivity contribution is 0.0694. The van der Waals surface area contributed by atoms with Gasteiger partial charge >= 0.3 is 5.97 Å². The molecule has 0 saturated heterocycles. The van der Waals surface area contributed by atoms with E-state index in [2.05, 4.69) is 0 Å². The van der Waals surface area contributed by atoms with Crippen LogP contribution in [0.1, 0.15) is 22.3 Å². The SMILES string of the molecule is O=C(O)c1cc2cccc(OCCCc3ccc(Cl)c(Cl)c3)c2cc1O. The lowest BCUT2D eigenvalue weighted by atomic mass is 10.0. The number of aryl methyl sites for hydroxylation is 1. The van der Waals surface area contributed by atoms with Gasteiger partial charge in [0.15, 0.2) is 0 Å². The molecule has 0 bridgehead atoms. The van der Waals surface area contributed by atoms with E-state index in [0.717, 1.165) is 18.4 Å². The number of halogens is 2. The van der Waals surface area contributed by atoms with E-state index in [4.69, 9.17) is 33.0 Å². The Kier molecular flexibility index (Phi) is 5.55. The summed E-state index contributed by atoms with van der Waals surface area (Å²) in [6.45, 7) is 0.473. The number of benzene rings is 3. The van der Waals surface area contributed by atoms with E-state index in [0.29, 0.717) is 33.2 Å². The van der Waals surface area contributed by atoms with Crippen molar-refractivity contribution in [1.82, 2.24) is 0 Å². The van der Waals surface area contributed by atoms with Crippen LogP contribution in [0.2, 0.25) is 10.0 Å². The number of aromatic carboxylic acids is 1. The fraction of sp³-hybridized carbons (Fsp3) is 0.150. The van der Waals surface area contributed by atoms with E-state index >= 15 is 0 Å². The molecule has 2 N–H and O–H groups in total. The fourth-order valence-corrected chi connectivity index (χ4v) is 3.06. The van der Waals surface area contributed by atoms with E-state index in [1.807, 2.05) is 12.1 Å². The first-order chi connectivity index (χ1) is 12.5. The maximum absolute atomic E-state index is 11.1. The molecule has 4 nitrogen and oxygen atoms in total. The Labute approximate surface area is 160 Å². The first-order valence-corrected chi connectivity index (χ1v) is 8.77.